The van der Waals surface area contributed by atoms with Gasteiger partial charge in [-0.3, -0.25) is 4.79 Å². The zero-order valence-corrected chi connectivity index (χ0v) is 12.0. The van der Waals surface area contributed by atoms with Gasteiger partial charge in [0.15, 0.2) is 0 Å². The molecule has 0 spiro atoms. The number of nitriles is 1. The number of nitrogens with two attached hydrogens (primary N) is 1. The molecule has 21 heavy (non-hydrogen) atoms. The minimum absolute atomic E-state index is 0.0876. The van der Waals surface area contributed by atoms with Crippen LogP contribution in [0.5, 0.6) is 0 Å². The van der Waals surface area contributed by atoms with Crippen LogP contribution >= 0.6 is 0 Å². The molecule has 108 valence electrons. The third kappa shape index (κ3) is 3.42. The van der Waals surface area contributed by atoms with Gasteiger partial charge in [-0.1, -0.05) is 31.5 Å². The zero-order chi connectivity index (χ0) is 15.2. The van der Waals surface area contributed by atoms with E-state index in [0.29, 0.717) is 11.4 Å². The Morgan fingerprint density at radius 1 is 1.38 bits per heavy atom. The Labute approximate surface area is 124 Å². The summed E-state index contributed by atoms with van der Waals surface area (Å²) < 4.78 is 1.69. The zero-order valence-electron chi connectivity index (χ0n) is 12.0. The van der Waals surface area contributed by atoms with Gasteiger partial charge in [0.2, 0.25) is 5.91 Å². The molecule has 0 aliphatic heterocycles. The second-order valence-electron chi connectivity index (χ2n) is 4.79. The van der Waals surface area contributed by atoms with Crippen LogP contribution in [-0.2, 0) is 17.8 Å². The van der Waals surface area contributed by atoms with Crippen LogP contribution in [0.4, 0.5) is 11.4 Å². The first kappa shape index (κ1) is 14.7. The molecular formula is C16H18N4O. The number of nitrogen functional groups attached to an aromatic ring is 1. The van der Waals surface area contributed by atoms with E-state index >= 15 is 0 Å². The number of anilines is 2. The van der Waals surface area contributed by atoms with Gasteiger partial charge >= 0.3 is 0 Å². The fraction of sp³-hybridized carbons (Fsp3) is 0.250. The minimum Gasteiger partial charge on any atom is -0.397 e. The van der Waals surface area contributed by atoms with Crippen LogP contribution in [0.15, 0.2) is 36.4 Å². The van der Waals surface area contributed by atoms with E-state index in [2.05, 4.69) is 11.4 Å². The van der Waals surface area contributed by atoms with E-state index in [9.17, 15) is 4.79 Å². The van der Waals surface area contributed by atoms with Crippen LogP contribution in [0, 0.1) is 11.3 Å². The van der Waals surface area contributed by atoms with E-state index in [1.165, 1.54) is 0 Å². The summed E-state index contributed by atoms with van der Waals surface area (Å²) in [4.78, 5) is 12.1. The second-order valence-corrected chi connectivity index (χ2v) is 4.79. The highest BCUT2D eigenvalue weighted by molar-refractivity contribution is 5.90. The quantitative estimate of drug-likeness (QED) is 0.883. The summed E-state index contributed by atoms with van der Waals surface area (Å²) in [7, 11) is 0. The Morgan fingerprint density at radius 3 is 2.71 bits per heavy atom. The third-order valence-electron chi connectivity index (χ3n) is 3.20. The number of amides is 1. The molecule has 0 saturated heterocycles. The van der Waals surface area contributed by atoms with E-state index in [-0.39, 0.29) is 12.5 Å². The molecule has 0 bridgehead atoms. The van der Waals surface area contributed by atoms with Crippen molar-refractivity contribution in [2.75, 3.05) is 11.1 Å². The molecule has 0 aliphatic carbocycles. The highest BCUT2D eigenvalue weighted by Gasteiger charge is 2.15. The molecule has 1 aromatic carbocycles. The summed E-state index contributed by atoms with van der Waals surface area (Å²) in [6.07, 6.45) is 1.64. The summed E-state index contributed by atoms with van der Waals surface area (Å²) in [5.74, 6) is -0.175. The maximum absolute atomic E-state index is 12.1. The van der Waals surface area contributed by atoms with Crippen LogP contribution in [0.2, 0.25) is 0 Å². The molecule has 1 heterocycles. The molecule has 0 fully saturated rings. The molecule has 5 nitrogen and oxygen atoms in total. The molecule has 2 aromatic rings. The smallest absolute Gasteiger partial charge is 0.244 e. The largest absolute Gasteiger partial charge is 0.397 e. The second kappa shape index (κ2) is 6.62. The monoisotopic (exact) mass is 282 g/mol. The molecule has 0 aliphatic rings. The van der Waals surface area contributed by atoms with E-state index in [1.54, 1.807) is 10.6 Å². The number of aromatic nitrogens is 1. The number of hydrogen-bond acceptors (Lipinski definition) is 3. The Bertz CT molecular complexity index is 668. The van der Waals surface area contributed by atoms with Gasteiger partial charge in [0.05, 0.1) is 5.69 Å². The molecule has 0 atom stereocenters. The number of carbonyl (C=O) groups is 1. The van der Waals surface area contributed by atoms with E-state index in [1.807, 2.05) is 37.3 Å². The van der Waals surface area contributed by atoms with Crippen molar-refractivity contribution in [3.8, 4) is 6.07 Å². The molecule has 1 amide bonds. The molecular weight excluding hydrogens is 264 g/mol. The van der Waals surface area contributed by atoms with Crippen molar-refractivity contribution < 1.29 is 4.79 Å². The predicted molar refractivity (Wildman–Crippen MR) is 82.6 cm³/mol. The maximum atomic E-state index is 12.1. The van der Waals surface area contributed by atoms with Crippen molar-refractivity contribution in [3.63, 3.8) is 0 Å². The van der Waals surface area contributed by atoms with Gasteiger partial charge in [0, 0.05) is 11.4 Å². The molecule has 0 radical (unpaired) electrons. The lowest BCUT2D eigenvalue weighted by atomic mass is 10.2. The Balaban J connectivity index is 2.19. The summed E-state index contributed by atoms with van der Waals surface area (Å²) in [5.41, 5.74) is 8.49. The van der Waals surface area contributed by atoms with Gasteiger partial charge in [-0.25, -0.2) is 0 Å². The lowest BCUT2D eigenvalue weighted by molar-refractivity contribution is -0.116. The standard InChI is InChI=1S/C16H18N4O/c1-2-6-15-14(18)9-13(10-17)20(15)11-16(21)19-12-7-4-3-5-8-12/h3-5,7-9H,2,6,11,18H2,1H3,(H,19,21). The number of nitrogens with zero attached hydrogens (tertiary/aromatic N) is 2. The lowest BCUT2D eigenvalue weighted by Crippen LogP contribution is -2.21. The maximum Gasteiger partial charge on any atom is 0.244 e. The van der Waals surface area contributed by atoms with Crippen molar-refractivity contribution in [1.29, 1.82) is 5.26 Å². The molecule has 1 aromatic heterocycles. The molecule has 5 heteroatoms. The number of nitrogens with one attached hydrogen (secondary N) is 1. The SMILES string of the molecule is CCCc1c(N)cc(C#N)n1CC(=O)Nc1ccccc1. The van der Waals surface area contributed by atoms with Crippen molar-refractivity contribution in [2.45, 2.75) is 26.3 Å². The summed E-state index contributed by atoms with van der Waals surface area (Å²) in [6.45, 7) is 2.12. The van der Waals surface area contributed by atoms with Gasteiger partial charge in [0.1, 0.15) is 18.3 Å². The Hall–Kier alpha value is -2.74. The van der Waals surface area contributed by atoms with Crippen LogP contribution in [0.1, 0.15) is 24.7 Å². The van der Waals surface area contributed by atoms with Crippen LogP contribution in [0.3, 0.4) is 0 Å². The van der Waals surface area contributed by atoms with Gasteiger partial charge < -0.3 is 15.6 Å². The molecule has 0 saturated carbocycles. The van der Waals surface area contributed by atoms with Crippen LogP contribution < -0.4 is 11.1 Å². The fourth-order valence-corrected chi connectivity index (χ4v) is 2.26. The topological polar surface area (TPSA) is 83.8 Å². The fourth-order valence-electron chi connectivity index (χ4n) is 2.26. The Kier molecular flexibility index (Phi) is 4.62. The van der Waals surface area contributed by atoms with Crippen molar-refractivity contribution in [1.82, 2.24) is 4.57 Å². The van der Waals surface area contributed by atoms with Gasteiger partial charge in [-0.2, -0.15) is 5.26 Å². The van der Waals surface area contributed by atoms with E-state index in [0.717, 1.165) is 24.2 Å². The van der Waals surface area contributed by atoms with Gasteiger partial charge in [0.25, 0.3) is 0 Å². The number of para-hydroxylation sites is 1. The van der Waals surface area contributed by atoms with Crippen molar-refractivity contribution >= 4 is 17.3 Å². The molecule has 0 unspecified atom stereocenters. The normalized spacial score (nSPS) is 10.1. The van der Waals surface area contributed by atoms with Gasteiger partial charge in [-0.15, -0.1) is 0 Å². The average molecular weight is 282 g/mol. The highest BCUT2D eigenvalue weighted by atomic mass is 16.1. The van der Waals surface area contributed by atoms with Crippen LogP contribution in [0.25, 0.3) is 0 Å². The number of carbonyl (C=O) groups excluding carboxylic acids is 1. The molecule has 3 N–H and O–H groups in total. The van der Waals surface area contributed by atoms with E-state index in [4.69, 9.17) is 11.0 Å². The predicted octanol–water partition coefficient (Wildman–Crippen LogP) is 2.53. The van der Waals surface area contributed by atoms with Crippen LogP contribution in [-0.4, -0.2) is 10.5 Å². The average Bonchev–Trinajstić information content (AvgIpc) is 2.77. The van der Waals surface area contributed by atoms with E-state index < -0.39 is 0 Å². The lowest BCUT2D eigenvalue weighted by Gasteiger charge is -2.11. The first-order valence-corrected chi connectivity index (χ1v) is 6.88. The number of hydrogen-bond donors (Lipinski definition) is 2. The first-order valence-electron chi connectivity index (χ1n) is 6.88. The number of benzene rings is 1. The van der Waals surface area contributed by atoms with Gasteiger partial charge in [-0.05, 0) is 24.6 Å². The third-order valence-corrected chi connectivity index (χ3v) is 3.20. The summed E-state index contributed by atoms with van der Waals surface area (Å²) >= 11 is 0. The minimum atomic E-state index is -0.175. The number of rotatable bonds is 5. The van der Waals surface area contributed by atoms with Crippen molar-refractivity contribution in [2.24, 2.45) is 0 Å². The summed E-state index contributed by atoms with van der Waals surface area (Å²) in [5, 5.41) is 12.0. The van der Waals surface area contributed by atoms with Crippen molar-refractivity contribution in [3.05, 3.63) is 47.8 Å². The highest BCUT2D eigenvalue weighted by Crippen LogP contribution is 2.20. The Morgan fingerprint density at radius 2 is 2.10 bits per heavy atom. The molecule has 2 rings (SSSR count). The first-order chi connectivity index (χ1) is 10.2. The summed E-state index contributed by atoms with van der Waals surface area (Å²) in [6, 6.07) is 12.9.